The lowest BCUT2D eigenvalue weighted by Gasteiger charge is -2.20. The van der Waals surface area contributed by atoms with Crippen LogP contribution in [-0.2, 0) is 19.2 Å². The van der Waals surface area contributed by atoms with Gasteiger partial charge in [0.2, 0.25) is 5.91 Å². The number of carbonyl (C=O) groups is 4. The molecule has 1 atom stereocenters. The van der Waals surface area contributed by atoms with E-state index >= 15 is 0 Å². The minimum absolute atomic E-state index is 0.0707. The number of hydrogen-bond acceptors (Lipinski definition) is 5. The van der Waals surface area contributed by atoms with E-state index in [0.717, 1.165) is 16.7 Å². The summed E-state index contributed by atoms with van der Waals surface area (Å²) in [5.41, 5.74) is 0. The minimum Gasteiger partial charge on any atom is -0.480 e. The first-order chi connectivity index (χ1) is 7.91. The Labute approximate surface area is 102 Å². The maximum atomic E-state index is 11.7. The summed E-state index contributed by atoms with van der Waals surface area (Å²) in [7, 11) is 0. The number of thioether (sulfide) groups is 1. The summed E-state index contributed by atoms with van der Waals surface area (Å²) in [6.07, 6.45) is -0.0533. The maximum absolute atomic E-state index is 11.7. The summed E-state index contributed by atoms with van der Waals surface area (Å²) in [5.74, 6) is -1.49. The molecule has 0 aromatic carbocycles. The molecule has 1 N–H and O–H groups in total. The molecular formula is C10H13NO5S. The molecule has 1 saturated heterocycles. The smallest absolute Gasteiger partial charge is 0.326 e. The molecule has 0 aliphatic carbocycles. The second kappa shape index (κ2) is 5.81. The highest BCUT2D eigenvalue weighted by Gasteiger charge is 2.38. The average Bonchev–Trinajstić information content (AvgIpc) is 2.59. The lowest BCUT2D eigenvalue weighted by molar-refractivity contribution is -0.148. The van der Waals surface area contributed by atoms with Gasteiger partial charge in [-0.1, -0.05) is 11.8 Å². The number of carboxylic acids is 1. The molecule has 0 radical (unpaired) electrons. The van der Waals surface area contributed by atoms with Crippen molar-refractivity contribution < 1.29 is 24.3 Å². The molecular weight excluding hydrogens is 246 g/mol. The molecule has 1 aliphatic heterocycles. The fraction of sp³-hybridized carbons (Fsp3) is 0.600. The lowest BCUT2D eigenvalue weighted by Crippen LogP contribution is -2.40. The first kappa shape index (κ1) is 13.7. The molecule has 1 heterocycles. The number of hydrogen-bond donors (Lipinski definition) is 1. The van der Waals surface area contributed by atoms with Gasteiger partial charge < -0.3 is 10.0 Å². The summed E-state index contributed by atoms with van der Waals surface area (Å²) in [4.78, 5) is 45.4. The Kier molecular flexibility index (Phi) is 4.68. The van der Waals surface area contributed by atoms with E-state index < -0.39 is 17.9 Å². The molecule has 1 amide bonds. The third-order valence-electron chi connectivity index (χ3n) is 2.37. The van der Waals surface area contributed by atoms with E-state index in [2.05, 4.69) is 0 Å². The van der Waals surface area contributed by atoms with E-state index in [9.17, 15) is 19.2 Å². The van der Waals surface area contributed by atoms with Crippen LogP contribution in [0.2, 0.25) is 0 Å². The topological polar surface area (TPSA) is 91.8 Å². The Hall–Kier alpha value is -1.37. The Morgan fingerprint density at radius 1 is 1.47 bits per heavy atom. The Balaban J connectivity index is 2.52. The Morgan fingerprint density at radius 3 is 2.65 bits per heavy atom. The number of aliphatic carboxylic acids is 1. The first-order valence-corrected chi connectivity index (χ1v) is 6.07. The van der Waals surface area contributed by atoms with E-state index in [0.29, 0.717) is 5.75 Å². The van der Waals surface area contributed by atoms with Crippen LogP contribution in [0.25, 0.3) is 0 Å². The molecule has 7 heteroatoms. The largest absolute Gasteiger partial charge is 0.480 e. The molecule has 0 aromatic heterocycles. The number of likely N-dealkylation sites (tertiary alicyclic amines) is 1. The second-order valence-electron chi connectivity index (χ2n) is 3.71. The van der Waals surface area contributed by atoms with E-state index in [1.165, 1.54) is 6.92 Å². The van der Waals surface area contributed by atoms with Crippen molar-refractivity contribution in [3.8, 4) is 0 Å². The summed E-state index contributed by atoms with van der Waals surface area (Å²) >= 11 is 1.01. The van der Waals surface area contributed by atoms with Gasteiger partial charge in [0, 0.05) is 25.5 Å². The fourth-order valence-corrected chi connectivity index (χ4v) is 2.16. The van der Waals surface area contributed by atoms with E-state index in [1.54, 1.807) is 0 Å². The number of Topliss-reactive ketones (excluding diaryl/α,β-unsaturated/α-hetero) is 1. The van der Waals surface area contributed by atoms with Crippen molar-refractivity contribution in [2.45, 2.75) is 25.8 Å². The van der Waals surface area contributed by atoms with E-state index in [4.69, 9.17) is 5.11 Å². The Morgan fingerprint density at radius 2 is 2.12 bits per heavy atom. The highest BCUT2D eigenvalue weighted by molar-refractivity contribution is 8.13. The van der Waals surface area contributed by atoms with E-state index in [1.807, 2.05) is 0 Å². The zero-order valence-electron chi connectivity index (χ0n) is 9.34. The van der Waals surface area contributed by atoms with Crippen molar-refractivity contribution >= 4 is 34.5 Å². The zero-order valence-corrected chi connectivity index (χ0v) is 10.2. The van der Waals surface area contributed by atoms with Gasteiger partial charge in [-0.05, 0) is 0 Å². The van der Waals surface area contributed by atoms with Gasteiger partial charge in [0.05, 0.1) is 6.54 Å². The number of carboxylic acid groups (broad SMARTS) is 1. The average molecular weight is 259 g/mol. The first-order valence-electron chi connectivity index (χ1n) is 5.09. The van der Waals surface area contributed by atoms with Gasteiger partial charge in [-0.2, -0.15) is 0 Å². The van der Waals surface area contributed by atoms with Crippen LogP contribution < -0.4 is 0 Å². The van der Waals surface area contributed by atoms with Gasteiger partial charge in [-0.3, -0.25) is 14.4 Å². The molecule has 94 valence electrons. The van der Waals surface area contributed by atoms with Crippen LogP contribution in [0.4, 0.5) is 0 Å². The van der Waals surface area contributed by atoms with Gasteiger partial charge in [0.25, 0.3) is 0 Å². The van der Waals surface area contributed by atoms with Gasteiger partial charge in [-0.15, -0.1) is 0 Å². The summed E-state index contributed by atoms with van der Waals surface area (Å²) in [6.45, 7) is 1.26. The number of amides is 1. The van der Waals surface area contributed by atoms with Gasteiger partial charge in [0.15, 0.2) is 10.9 Å². The third kappa shape index (κ3) is 3.85. The van der Waals surface area contributed by atoms with Crippen molar-refractivity contribution in [1.82, 2.24) is 4.90 Å². The molecule has 0 aromatic rings. The summed E-state index contributed by atoms with van der Waals surface area (Å²) < 4.78 is 0. The summed E-state index contributed by atoms with van der Waals surface area (Å²) in [5, 5.41) is 8.77. The molecule has 1 rings (SSSR count). The van der Waals surface area contributed by atoms with Crippen LogP contribution in [-0.4, -0.2) is 51.1 Å². The summed E-state index contributed by atoms with van der Waals surface area (Å²) in [6, 6.07) is -1.04. The number of nitrogens with zero attached hydrogens (tertiary/aromatic N) is 1. The van der Waals surface area contributed by atoms with Gasteiger partial charge in [0.1, 0.15) is 6.04 Å². The SMILES string of the molecule is CC(=O)SCCC(=O)N1CC(=O)C[C@H]1C(=O)O. The zero-order chi connectivity index (χ0) is 13.0. The van der Waals surface area contributed by atoms with Crippen LogP contribution in [0.15, 0.2) is 0 Å². The highest BCUT2D eigenvalue weighted by Crippen LogP contribution is 2.17. The molecule has 0 unspecified atom stereocenters. The molecule has 0 spiro atoms. The van der Waals surface area contributed by atoms with Crippen LogP contribution in [0, 0.1) is 0 Å². The van der Waals surface area contributed by atoms with Crippen LogP contribution >= 0.6 is 11.8 Å². The third-order valence-corrected chi connectivity index (χ3v) is 3.19. The van der Waals surface area contributed by atoms with Crippen molar-refractivity contribution in [2.24, 2.45) is 0 Å². The molecule has 6 nitrogen and oxygen atoms in total. The Bertz CT molecular complexity index is 368. The van der Waals surface area contributed by atoms with Crippen LogP contribution in [0.3, 0.4) is 0 Å². The minimum atomic E-state index is -1.16. The van der Waals surface area contributed by atoms with Crippen molar-refractivity contribution in [2.75, 3.05) is 12.3 Å². The van der Waals surface area contributed by atoms with Gasteiger partial charge >= 0.3 is 5.97 Å². The van der Waals surface area contributed by atoms with Crippen LogP contribution in [0.5, 0.6) is 0 Å². The lowest BCUT2D eigenvalue weighted by atomic mass is 10.2. The predicted octanol–water partition coefficient (Wildman–Crippen LogP) is -0.0892. The number of carbonyl (C=O) groups excluding carboxylic acids is 3. The van der Waals surface area contributed by atoms with Crippen molar-refractivity contribution in [3.63, 3.8) is 0 Å². The predicted molar refractivity (Wildman–Crippen MR) is 60.5 cm³/mol. The molecule has 0 bridgehead atoms. The van der Waals surface area contributed by atoms with Crippen molar-refractivity contribution in [3.05, 3.63) is 0 Å². The fourth-order valence-electron chi connectivity index (χ4n) is 1.60. The molecule has 1 aliphatic rings. The van der Waals surface area contributed by atoms with E-state index in [-0.39, 0.29) is 30.3 Å². The highest BCUT2D eigenvalue weighted by atomic mass is 32.2. The molecule has 17 heavy (non-hydrogen) atoms. The normalized spacial score (nSPS) is 19.5. The van der Waals surface area contributed by atoms with Crippen molar-refractivity contribution in [1.29, 1.82) is 0 Å². The quantitative estimate of drug-likeness (QED) is 0.758. The number of ketones is 1. The molecule has 1 fully saturated rings. The maximum Gasteiger partial charge on any atom is 0.326 e. The second-order valence-corrected chi connectivity index (χ2v) is 4.98. The van der Waals surface area contributed by atoms with Gasteiger partial charge in [-0.25, -0.2) is 4.79 Å². The standard InChI is InChI=1S/C10H13NO5S/c1-6(12)17-3-2-9(14)11-5-7(13)4-8(11)10(15)16/h8H,2-5H2,1H3,(H,15,16)/t8-/m0/s1. The molecule has 0 saturated carbocycles. The number of rotatable bonds is 4. The monoisotopic (exact) mass is 259 g/mol. The van der Waals surface area contributed by atoms with Crippen LogP contribution in [0.1, 0.15) is 19.8 Å².